The van der Waals surface area contributed by atoms with Crippen molar-refractivity contribution in [1.29, 1.82) is 0 Å². The standard InChI is InChI=1S/C14H17ClN2O3/c1-9-4-2-3-6-14(9,13(19)20)17-12(18)10-5-7-16-8-11(10)15/h5,7-9H,2-4,6H2,1H3,(H,17,18)(H,19,20). The first-order chi connectivity index (χ1) is 9.47. The Balaban J connectivity index is 2.27. The van der Waals surface area contributed by atoms with Crippen molar-refractivity contribution >= 4 is 23.5 Å². The average molecular weight is 297 g/mol. The number of nitrogens with zero attached hydrogens (tertiary/aromatic N) is 1. The second kappa shape index (κ2) is 5.79. The van der Waals surface area contributed by atoms with Gasteiger partial charge in [-0.2, -0.15) is 0 Å². The minimum Gasteiger partial charge on any atom is -0.479 e. The van der Waals surface area contributed by atoms with Crippen LogP contribution in [0.1, 0.15) is 43.0 Å². The predicted molar refractivity (Wildman–Crippen MR) is 74.7 cm³/mol. The number of aliphatic carboxylic acids is 1. The van der Waals surface area contributed by atoms with E-state index in [1.165, 1.54) is 18.5 Å². The SMILES string of the molecule is CC1CCCCC1(NC(=O)c1ccncc1Cl)C(=O)O. The lowest BCUT2D eigenvalue weighted by Gasteiger charge is -2.39. The quantitative estimate of drug-likeness (QED) is 0.898. The van der Waals surface area contributed by atoms with Gasteiger partial charge in [-0.15, -0.1) is 0 Å². The number of hydrogen-bond donors (Lipinski definition) is 2. The van der Waals surface area contributed by atoms with E-state index in [9.17, 15) is 14.7 Å². The number of carbonyl (C=O) groups is 2. The van der Waals surface area contributed by atoms with Crippen LogP contribution < -0.4 is 5.32 Å². The van der Waals surface area contributed by atoms with Crippen molar-refractivity contribution in [2.24, 2.45) is 5.92 Å². The lowest BCUT2D eigenvalue weighted by atomic mass is 9.73. The maximum absolute atomic E-state index is 12.3. The Labute approximate surface area is 122 Å². The summed E-state index contributed by atoms with van der Waals surface area (Å²) in [5.74, 6) is -1.56. The molecule has 1 aromatic rings. The van der Waals surface area contributed by atoms with Crippen LogP contribution in [0.4, 0.5) is 0 Å². The number of pyridine rings is 1. The first kappa shape index (κ1) is 14.8. The predicted octanol–water partition coefficient (Wildman–Crippen LogP) is 2.50. The molecule has 0 aromatic carbocycles. The lowest BCUT2D eigenvalue weighted by molar-refractivity contribution is -0.148. The van der Waals surface area contributed by atoms with Gasteiger partial charge in [-0.25, -0.2) is 4.79 Å². The molecule has 1 amide bonds. The van der Waals surface area contributed by atoms with Crippen molar-refractivity contribution in [3.05, 3.63) is 29.0 Å². The van der Waals surface area contributed by atoms with E-state index in [1.807, 2.05) is 6.92 Å². The van der Waals surface area contributed by atoms with Crippen LogP contribution in [0.5, 0.6) is 0 Å². The molecule has 1 aliphatic carbocycles. The highest BCUT2D eigenvalue weighted by Gasteiger charge is 2.46. The number of hydrogen-bond acceptors (Lipinski definition) is 3. The van der Waals surface area contributed by atoms with Crippen LogP contribution in [0, 0.1) is 5.92 Å². The third-order valence-corrected chi connectivity index (χ3v) is 4.34. The zero-order chi connectivity index (χ0) is 14.8. The summed E-state index contributed by atoms with van der Waals surface area (Å²) in [4.78, 5) is 27.8. The third-order valence-electron chi connectivity index (χ3n) is 4.03. The van der Waals surface area contributed by atoms with Gasteiger partial charge in [-0.3, -0.25) is 9.78 Å². The molecule has 2 unspecified atom stereocenters. The van der Waals surface area contributed by atoms with Crippen LogP contribution in [0.25, 0.3) is 0 Å². The monoisotopic (exact) mass is 296 g/mol. The van der Waals surface area contributed by atoms with Gasteiger partial charge >= 0.3 is 5.97 Å². The fraction of sp³-hybridized carbons (Fsp3) is 0.500. The van der Waals surface area contributed by atoms with E-state index in [0.717, 1.165) is 19.3 Å². The molecule has 2 atom stereocenters. The molecular weight excluding hydrogens is 280 g/mol. The van der Waals surface area contributed by atoms with Crippen LogP contribution in [-0.2, 0) is 4.79 Å². The highest BCUT2D eigenvalue weighted by Crippen LogP contribution is 2.34. The van der Waals surface area contributed by atoms with E-state index < -0.39 is 17.4 Å². The third kappa shape index (κ3) is 2.63. The Bertz CT molecular complexity index is 535. The van der Waals surface area contributed by atoms with E-state index in [2.05, 4.69) is 10.3 Å². The molecule has 2 N–H and O–H groups in total. The summed E-state index contributed by atoms with van der Waals surface area (Å²) < 4.78 is 0. The van der Waals surface area contributed by atoms with Crippen molar-refractivity contribution in [3.8, 4) is 0 Å². The van der Waals surface area contributed by atoms with Crippen molar-refractivity contribution in [1.82, 2.24) is 10.3 Å². The number of aromatic nitrogens is 1. The number of carbonyl (C=O) groups excluding carboxylic acids is 1. The molecule has 0 bridgehead atoms. The number of carboxylic acids is 1. The number of rotatable bonds is 3. The Hall–Kier alpha value is -1.62. The zero-order valence-electron chi connectivity index (χ0n) is 11.2. The summed E-state index contributed by atoms with van der Waals surface area (Å²) in [6, 6.07) is 1.49. The molecule has 0 aliphatic heterocycles. The summed E-state index contributed by atoms with van der Waals surface area (Å²) >= 11 is 5.93. The minimum atomic E-state index is -1.21. The number of amides is 1. The smallest absolute Gasteiger partial charge is 0.329 e. The first-order valence-corrected chi connectivity index (χ1v) is 7.00. The summed E-state index contributed by atoms with van der Waals surface area (Å²) in [6.45, 7) is 1.86. The first-order valence-electron chi connectivity index (χ1n) is 6.63. The fourth-order valence-electron chi connectivity index (χ4n) is 2.73. The molecule has 20 heavy (non-hydrogen) atoms. The Morgan fingerprint density at radius 3 is 2.85 bits per heavy atom. The summed E-state index contributed by atoms with van der Waals surface area (Å²) in [5, 5.41) is 12.5. The molecule has 1 aromatic heterocycles. The molecule has 2 rings (SSSR count). The van der Waals surface area contributed by atoms with E-state index in [1.54, 1.807) is 0 Å². The van der Waals surface area contributed by atoms with Crippen LogP contribution in [0.3, 0.4) is 0 Å². The largest absolute Gasteiger partial charge is 0.479 e. The molecule has 1 aliphatic rings. The zero-order valence-corrected chi connectivity index (χ0v) is 12.0. The van der Waals surface area contributed by atoms with E-state index in [4.69, 9.17) is 11.6 Å². The Kier molecular flexibility index (Phi) is 4.28. The van der Waals surface area contributed by atoms with Crippen LogP contribution in [0.2, 0.25) is 5.02 Å². The average Bonchev–Trinajstić information content (AvgIpc) is 2.41. The molecule has 0 radical (unpaired) electrons. The Morgan fingerprint density at radius 1 is 1.50 bits per heavy atom. The van der Waals surface area contributed by atoms with Crippen molar-refractivity contribution in [3.63, 3.8) is 0 Å². The maximum Gasteiger partial charge on any atom is 0.329 e. The van der Waals surface area contributed by atoms with Crippen molar-refractivity contribution < 1.29 is 14.7 Å². The van der Waals surface area contributed by atoms with Crippen LogP contribution in [0.15, 0.2) is 18.5 Å². The number of carboxylic acid groups (broad SMARTS) is 1. The van der Waals surface area contributed by atoms with Gasteiger partial charge in [-0.1, -0.05) is 31.4 Å². The topological polar surface area (TPSA) is 79.3 Å². The highest BCUT2D eigenvalue weighted by molar-refractivity contribution is 6.33. The second-order valence-electron chi connectivity index (χ2n) is 5.23. The second-order valence-corrected chi connectivity index (χ2v) is 5.64. The van der Waals surface area contributed by atoms with Crippen molar-refractivity contribution in [2.45, 2.75) is 38.1 Å². The molecular formula is C14H17ClN2O3. The van der Waals surface area contributed by atoms with Gasteiger partial charge in [0.25, 0.3) is 5.91 Å². The van der Waals surface area contributed by atoms with Gasteiger partial charge in [0.05, 0.1) is 10.6 Å². The normalized spacial score (nSPS) is 26.0. The maximum atomic E-state index is 12.3. The molecule has 108 valence electrons. The van der Waals surface area contributed by atoms with Crippen LogP contribution in [-0.4, -0.2) is 27.5 Å². The van der Waals surface area contributed by atoms with Gasteiger partial charge in [0.2, 0.25) is 0 Å². The highest BCUT2D eigenvalue weighted by atomic mass is 35.5. The van der Waals surface area contributed by atoms with Crippen LogP contribution >= 0.6 is 11.6 Å². The number of halogens is 1. The summed E-state index contributed by atoms with van der Waals surface area (Å²) in [7, 11) is 0. The minimum absolute atomic E-state index is 0.113. The van der Waals surface area contributed by atoms with E-state index in [0.29, 0.717) is 6.42 Å². The summed E-state index contributed by atoms with van der Waals surface area (Å²) in [5.41, 5.74) is -0.956. The van der Waals surface area contributed by atoms with Crippen molar-refractivity contribution in [2.75, 3.05) is 0 Å². The van der Waals surface area contributed by atoms with E-state index in [-0.39, 0.29) is 16.5 Å². The molecule has 6 heteroatoms. The molecule has 1 fully saturated rings. The number of nitrogens with one attached hydrogen (secondary N) is 1. The molecule has 0 saturated heterocycles. The molecule has 5 nitrogen and oxygen atoms in total. The van der Waals surface area contributed by atoms with Gasteiger partial charge in [-0.05, 0) is 24.8 Å². The van der Waals surface area contributed by atoms with E-state index >= 15 is 0 Å². The lowest BCUT2D eigenvalue weighted by Crippen LogP contribution is -2.60. The van der Waals surface area contributed by atoms with Gasteiger partial charge in [0.15, 0.2) is 0 Å². The van der Waals surface area contributed by atoms with Gasteiger partial charge < -0.3 is 10.4 Å². The van der Waals surface area contributed by atoms with Gasteiger partial charge in [0.1, 0.15) is 5.54 Å². The summed E-state index contributed by atoms with van der Waals surface area (Å²) in [6.07, 6.45) is 5.84. The Morgan fingerprint density at radius 2 is 2.25 bits per heavy atom. The molecule has 1 saturated carbocycles. The fourth-order valence-corrected chi connectivity index (χ4v) is 2.94. The molecule has 1 heterocycles. The molecule has 0 spiro atoms. The van der Waals surface area contributed by atoms with Gasteiger partial charge in [0, 0.05) is 12.4 Å².